The lowest BCUT2D eigenvalue weighted by Gasteiger charge is -2.19. The number of primary amides is 1. The lowest BCUT2D eigenvalue weighted by atomic mass is 10.1. The Morgan fingerprint density at radius 2 is 1.80 bits per heavy atom. The average Bonchev–Trinajstić information content (AvgIpc) is 2.55. The second kappa shape index (κ2) is 6.39. The SMILES string of the molecule is Cc1ccccc1-n1c([C@H](C)OC(N)=O)nc2cccc(C)c2c1=O. The third-order valence-electron chi connectivity index (χ3n) is 4.14. The maximum Gasteiger partial charge on any atom is 0.405 e. The van der Waals surface area contributed by atoms with Gasteiger partial charge in [-0.25, -0.2) is 9.78 Å². The number of para-hydroxylation sites is 1. The molecule has 1 atom stereocenters. The summed E-state index contributed by atoms with van der Waals surface area (Å²) in [4.78, 5) is 29.0. The smallest absolute Gasteiger partial charge is 0.405 e. The number of fused-ring (bicyclic) bond motifs is 1. The molecule has 3 aromatic rings. The Balaban J connectivity index is 2.41. The summed E-state index contributed by atoms with van der Waals surface area (Å²) >= 11 is 0. The highest BCUT2D eigenvalue weighted by molar-refractivity contribution is 5.81. The van der Waals surface area contributed by atoms with E-state index in [0.29, 0.717) is 22.4 Å². The van der Waals surface area contributed by atoms with Gasteiger partial charge in [0.25, 0.3) is 5.56 Å². The highest BCUT2D eigenvalue weighted by atomic mass is 16.6. The Labute approximate surface area is 144 Å². The molecule has 0 aliphatic heterocycles. The van der Waals surface area contributed by atoms with E-state index < -0.39 is 12.2 Å². The van der Waals surface area contributed by atoms with Crippen molar-refractivity contribution >= 4 is 17.0 Å². The number of hydrogen-bond donors (Lipinski definition) is 1. The predicted octanol–water partition coefficient (Wildman–Crippen LogP) is 3.16. The number of carbonyl (C=O) groups excluding carboxylic acids is 1. The van der Waals surface area contributed by atoms with Crippen LogP contribution in [-0.2, 0) is 4.74 Å². The highest BCUT2D eigenvalue weighted by Gasteiger charge is 2.21. The van der Waals surface area contributed by atoms with E-state index in [2.05, 4.69) is 4.98 Å². The lowest BCUT2D eigenvalue weighted by Crippen LogP contribution is -2.28. The number of rotatable bonds is 3. The minimum absolute atomic E-state index is 0.202. The summed E-state index contributed by atoms with van der Waals surface area (Å²) in [6, 6.07) is 13.0. The van der Waals surface area contributed by atoms with Crippen LogP contribution in [0.2, 0.25) is 0 Å². The second-order valence-electron chi connectivity index (χ2n) is 5.95. The van der Waals surface area contributed by atoms with Crippen LogP contribution in [0.1, 0.15) is 30.0 Å². The highest BCUT2D eigenvalue weighted by Crippen LogP contribution is 2.23. The van der Waals surface area contributed by atoms with Gasteiger partial charge in [-0.2, -0.15) is 0 Å². The third-order valence-corrected chi connectivity index (χ3v) is 4.14. The van der Waals surface area contributed by atoms with Gasteiger partial charge < -0.3 is 10.5 Å². The summed E-state index contributed by atoms with van der Waals surface area (Å²) in [6.45, 7) is 5.42. The van der Waals surface area contributed by atoms with Crippen LogP contribution in [0.5, 0.6) is 0 Å². The first-order chi connectivity index (χ1) is 11.9. The van der Waals surface area contributed by atoms with E-state index in [9.17, 15) is 9.59 Å². The first-order valence-corrected chi connectivity index (χ1v) is 7.94. The van der Waals surface area contributed by atoms with Crippen molar-refractivity contribution in [2.24, 2.45) is 5.73 Å². The molecule has 128 valence electrons. The van der Waals surface area contributed by atoms with Crippen molar-refractivity contribution in [3.8, 4) is 5.69 Å². The van der Waals surface area contributed by atoms with Gasteiger partial charge >= 0.3 is 6.09 Å². The van der Waals surface area contributed by atoms with Crippen LogP contribution in [0.25, 0.3) is 16.6 Å². The fourth-order valence-electron chi connectivity index (χ4n) is 2.96. The number of aromatic nitrogens is 2. The Morgan fingerprint density at radius 3 is 2.48 bits per heavy atom. The number of nitrogens with two attached hydrogens (primary N) is 1. The fraction of sp³-hybridized carbons (Fsp3) is 0.211. The topological polar surface area (TPSA) is 87.2 Å². The van der Waals surface area contributed by atoms with Gasteiger partial charge in [0.1, 0.15) is 0 Å². The van der Waals surface area contributed by atoms with E-state index in [-0.39, 0.29) is 5.56 Å². The van der Waals surface area contributed by atoms with Crippen molar-refractivity contribution in [3.63, 3.8) is 0 Å². The molecule has 25 heavy (non-hydrogen) atoms. The zero-order valence-electron chi connectivity index (χ0n) is 14.3. The molecular formula is C19H19N3O3. The zero-order chi connectivity index (χ0) is 18.1. The summed E-state index contributed by atoms with van der Waals surface area (Å²) in [7, 11) is 0. The van der Waals surface area contributed by atoms with Crippen molar-refractivity contribution in [3.05, 3.63) is 69.8 Å². The summed E-state index contributed by atoms with van der Waals surface area (Å²) in [6.07, 6.45) is -1.68. The molecule has 0 aliphatic carbocycles. The second-order valence-corrected chi connectivity index (χ2v) is 5.95. The van der Waals surface area contributed by atoms with Crippen LogP contribution in [0, 0.1) is 13.8 Å². The minimum atomic E-state index is -0.914. The zero-order valence-corrected chi connectivity index (χ0v) is 14.3. The van der Waals surface area contributed by atoms with E-state index in [4.69, 9.17) is 10.5 Å². The molecule has 1 amide bonds. The quantitative estimate of drug-likeness (QED) is 0.795. The molecule has 3 rings (SSSR count). The third kappa shape index (κ3) is 2.98. The summed E-state index contributed by atoms with van der Waals surface area (Å²) in [5.41, 5.74) is 7.95. The summed E-state index contributed by atoms with van der Waals surface area (Å²) in [5, 5.41) is 0.542. The molecule has 0 fully saturated rings. The molecule has 0 saturated heterocycles. The van der Waals surface area contributed by atoms with Gasteiger partial charge in [0, 0.05) is 0 Å². The number of nitrogens with zero attached hydrogens (tertiary/aromatic N) is 2. The number of amides is 1. The Bertz CT molecular complexity index is 1020. The molecule has 0 radical (unpaired) electrons. The number of aryl methyl sites for hydroxylation is 2. The fourth-order valence-corrected chi connectivity index (χ4v) is 2.96. The molecule has 1 heterocycles. The standard InChI is InChI=1S/C19H19N3O3/c1-11-7-4-5-10-15(11)22-17(13(3)25-19(20)24)21-14-9-6-8-12(2)16(14)18(22)23/h4-10,13H,1-3H3,(H2,20,24)/t13-/m0/s1. The van der Waals surface area contributed by atoms with E-state index in [0.717, 1.165) is 11.1 Å². The molecule has 6 heteroatoms. The van der Waals surface area contributed by atoms with Crippen molar-refractivity contribution < 1.29 is 9.53 Å². The lowest BCUT2D eigenvalue weighted by molar-refractivity contribution is 0.110. The maximum atomic E-state index is 13.3. The van der Waals surface area contributed by atoms with E-state index >= 15 is 0 Å². The van der Waals surface area contributed by atoms with Gasteiger partial charge in [-0.05, 0) is 44.0 Å². The van der Waals surface area contributed by atoms with Gasteiger partial charge in [-0.1, -0.05) is 30.3 Å². The van der Waals surface area contributed by atoms with Gasteiger partial charge in [-0.15, -0.1) is 0 Å². The number of ether oxygens (including phenoxy) is 1. The van der Waals surface area contributed by atoms with E-state index in [1.807, 2.05) is 50.2 Å². The van der Waals surface area contributed by atoms with E-state index in [1.165, 1.54) is 4.57 Å². The van der Waals surface area contributed by atoms with Crippen molar-refractivity contribution in [1.82, 2.24) is 9.55 Å². The van der Waals surface area contributed by atoms with Crippen LogP contribution in [0.15, 0.2) is 47.3 Å². The summed E-state index contributed by atoms with van der Waals surface area (Å²) in [5.74, 6) is 0.330. The van der Waals surface area contributed by atoms with Crippen LogP contribution >= 0.6 is 0 Å². The first-order valence-electron chi connectivity index (χ1n) is 7.94. The molecule has 6 nitrogen and oxygen atoms in total. The molecule has 0 aliphatic rings. The van der Waals surface area contributed by atoms with Gasteiger partial charge in [0.15, 0.2) is 11.9 Å². The molecule has 0 spiro atoms. The Morgan fingerprint density at radius 1 is 1.12 bits per heavy atom. The predicted molar refractivity (Wildman–Crippen MR) is 95.9 cm³/mol. The molecule has 2 N–H and O–H groups in total. The van der Waals surface area contributed by atoms with Crippen LogP contribution in [-0.4, -0.2) is 15.6 Å². The normalized spacial score (nSPS) is 12.1. The van der Waals surface area contributed by atoms with Crippen molar-refractivity contribution in [2.45, 2.75) is 26.9 Å². The molecule has 1 aromatic heterocycles. The van der Waals surface area contributed by atoms with Crippen LogP contribution in [0.4, 0.5) is 4.79 Å². The van der Waals surface area contributed by atoms with Crippen molar-refractivity contribution in [1.29, 1.82) is 0 Å². The van der Waals surface area contributed by atoms with Gasteiger partial charge in [-0.3, -0.25) is 9.36 Å². The molecule has 0 saturated carbocycles. The van der Waals surface area contributed by atoms with Crippen LogP contribution < -0.4 is 11.3 Å². The number of hydrogen-bond acceptors (Lipinski definition) is 4. The number of benzene rings is 2. The molecule has 0 unspecified atom stereocenters. The molecule has 2 aromatic carbocycles. The maximum absolute atomic E-state index is 13.3. The Kier molecular flexibility index (Phi) is 4.27. The molecule has 0 bridgehead atoms. The van der Waals surface area contributed by atoms with E-state index in [1.54, 1.807) is 13.0 Å². The van der Waals surface area contributed by atoms with Crippen LogP contribution in [0.3, 0.4) is 0 Å². The van der Waals surface area contributed by atoms with Crippen molar-refractivity contribution in [2.75, 3.05) is 0 Å². The minimum Gasteiger partial charge on any atom is -0.439 e. The Hall–Kier alpha value is -3.15. The average molecular weight is 337 g/mol. The van der Waals surface area contributed by atoms with Gasteiger partial charge in [0.05, 0.1) is 16.6 Å². The monoisotopic (exact) mass is 337 g/mol. The van der Waals surface area contributed by atoms with Gasteiger partial charge in [0.2, 0.25) is 0 Å². The first kappa shape index (κ1) is 16.7. The summed E-state index contributed by atoms with van der Waals surface area (Å²) < 4.78 is 6.59. The number of carbonyl (C=O) groups is 1. The largest absolute Gasteiger partial charge is 0.439 e. The molecular weight excluding hydrogens is 318 g/mol.